The van der Waals surface area contributed by atoms with E-state index in [1.807, 2.05) is 17.0 Å². The molecule has 0 aliphatic carbocycles. The summed E-state index contributed by atoms with van der Waals surface area (Å²) in [4.78, 5) is 24.8. The van der Waals surface area contributed by atoms with Gasteiger partial charge in [-0.05, 0) is 31.3 Å². The molecule has 23 heavy (non-hydrogen) atoms. The molecule has 1 aliphatic heterocycles. The Morgan fingerprint density at radius 1 is 1.13 bits per heavy atom. The number of aromatic nitrogens is 2. The van der Waals surface area contributed by atoms with Crippen LogP contribution < -0.4 is 5.32 Å². The van der Waals surface area contributed by atoms with Gasteiger partial charge in [-0.3, -0.25) is 4.79 Å². The first-order valence-electron chi connectivity index (χ1n) is 7.44. The van der Waals surface area contributed by atoms with E-state index in [0.29, 0.717) is 16.5 Å². The molecular weight excluding hydrogens is 314 g/mol. The summed E-state index contributed by atoms with van der Waals surface area (Å²) in [7, 11) is 2.06. The monoisotopic (exact) mass is 331 g/mol. The van der Waals surface area contributed by atoms with E-state index < -0.39 is 0 Å². The highest BCUT2D eigenvalue weighted by Gasteiger charge is 2.21. The maximum atomic E-state index is 12.5. The second kappa shape index (κ2) is 6.93. The standard InChI is InChI=1S/C16H18ClN5O/c1-21-6-8-22(9-7-21)16(23)14-10-15(19-11-18-14)20-13-4-2-12(17)3-5-13/h2-5,10-11H,6-9H2,1H3,(H,18,19,20). The van der Waals surface area contributed by atoms with E-state index in [0.717, 1.165) is 31.9 Å². The third kappa shape index (κ3) is 3.97. The van der Waals surface area contributed by atoms with Crippen molar-refractivity contribution in [3.63, 3.8) is 0 Å². The van der Waals surface area contributed by atoms with Crippen molar-refractivity contribution in [1.82, 2.24) is 19.8 Å². The first-order chi connectivity index (χ1) is 11.1. The van der Waals surface area contributed by atoms with Crippen LogP contribution in [0.1, 0.15) is 10.5 Å². The number of benzene rings is 1. The van der Waals surface area contributed by atoms with E-state index >= 15 is 0 Å². The third-order valence-corrected chi connectivity index (χ3v) is 4.05. The fourth-order valence-corrected chi connectivity index (χ4v) is 2.52. The van der Waals surface area contributed by atoms with Crippen LogP contribution in [-0.2, 0) is 0 Å². The molecule has 0 atom stereocenters. The second-order valence-electron chi connectivity index (χ2n) is 5.52. The number of piperazine rings is 1. The van der Waals surface area contributed by atoms with Gasteiger partial charge in [0, 0.05) is 43.0 Å². The maximum absolute atomic E-state index is 12.5. The predicted octanol–water partition coefficient (Wildman–Crippen LogP) is 2.26. The lowest BCUT2D eigenvalue weighted by atomic mass is 10.2. The number of anilines is 2. The van der Waals surface area contributed by atoms with E-state index in [-0.39, 0.29) is 5.91 Å². The fraction of sp³-hybridized carbons (Fsp3) is 0.312. The number of carbonyl (C=O) groups is 1. The number of halogens is 1. The first-order valence-corrected chi connectivity index (χ1v) is 7.82. The van der Waals surface area contributed by atoms with E-state index in [2.05, 4.69) is 27.2 Å². The van der Waals surface area contributed by atoms with Crippen LogP contribution >= 0.6 is 11.6 Å². The van der Waals surface area contributed by atoms with Crippen molar-refractivity contribution in [1.29, 1.82) is 0 Å². The minimum absolute atomic E-state index is 0.0559. The fourth-order valence-electron chi connectivity index (χ4n) is 2.40. The lowest BCUT2D eigenvalue weighted by Crippen LogP contribution is -2.47. The average Bonchev–Trinajstić information content (AvgIpc) is 2.57. The van der Waals surface area contributed by atoms with Crippen LogP contribution in [0.15, 0.2) is 36.7 Å². The smallest absolute Gasteiger partial charge is 0.272 e. The van der Waals surface area contributed by atoms with Crippen LogP contribution in [0.25, 0.3) is 0 Å². The van der Waals surface area contributed by atoms with Crippen LogP contribution in [0.4, 0.5) is 11.5 Å². The molecule has 0 bridgehead atoms. The predicted molar refractivity (Wildman–Crippen MR) is 90.2 cm³/mol. The molecule has 3 rings (SSSR count). The molecule has 1 saturated heterocycles. The summed E-state index contributed by atoms with van der Waals surface area (Å²) in [6, 6.07) is 8.97. The molecule has 1 aromatic carbocycles. The minimum Gasteiger partial charge on any atom is -0.340 e. The third-order valence-electron chi connectivity index (χ3n) is 3.79. The van der Waals surface area contributed by atoms with Gasteiger partial charge in [-0.15, -0.1) is 0 Å². The maximum Gasteiger partial charge on any atom is 0.272 e. The van der Waals surface area contributed by atoms with E-state index in [9.17, 15) is 4.79 Å². The molecule has 7 heteroatoms. The number of amides is 1. The van der Waals surface area contributed by atoms with Crippen LogP contribution in [0.2, 0.25) is 5.02 Å². The quantitative estimate of drug-likeness (QED) is 0.934. The number of rotatable bonds is 3. The van der Waals surface area contributed by atoms with Crippen molar-refractivity contribution < 1.29 is 4.79 Å². The first kappa shape index (κ1) is 15.7. The Morgan fingerprint density at radius 2 is 1.83 bits per heavy atom. The van der Waals surface area contributed by atoms with Gasteiger partial charge in [-0.25, -0.2) is 9.97 Å². The Morgan fingerprint density at radius 3 is 2.52 bits per heavy atom. The number of hydrogen-bond donors (Lipinski definition) is 1. The zero-order valence-electron chi connectivity index (χ0n) is 12.9. The van der Waals surface area contributed by atoms with Crippen molar-refractivity contribution in [3.05, 3.63) is 47.4 Å². The molecule has 1 N–H and O–H groups in total. The molecule has 1 amide bonds. The summed E-state index contributed by atoms with van der Waals surface area (Å²) in [5, 5.41) is 3.82. The zero-order valence-corrected chi connectivity index (χ0v) is 13.6. The van der Waals surface area contributed by atoms with Gasteiger partial charge in [-0.1, -0.05) is 11.6 Å². The number of hydrogen-bond acceptors (Lipinski definition) is 5. The Labute approximate surface area is 140 Å². The molecule has 0 spiro atoms. The molecule has 1 aliphatic rings. The molecule has 6 nitrogen and oxygen atoms in total. The summed E-state index contributed by atoms with van der Waals surface area (Å²) in [5.74, 6) is 0.527. The van der Waals surface area contributed by atoms with Gasteiger partial charge < -0.3 is 15.1 Å². The summed E-state index contributed by atoms with van der Waals surface area (Å²) in [5.41, 5.74) is 1.26. The molecule has 0 unspecified atom stereocenters. The van der Waals surface area contributed by atoms with E-state index in [1.54, 1.807) is 18.2 Å². The zero-order chi connectivity index (χ0) is 16.2. The van der Waals surface area contributed by atoms with Crippen molar-refractivity contribution in [2.45, 2.75) is 0 Å². The normalized spacial score (nSPS) is 15.5. The van der Waals surface area contributed by atoms with Crippen molar-refractivity contribution in [2.24, 2.45) is 0 Å². The highest BCUT2D eigenvalue weighted by Crippen LogP contribution is 2.18. The lowest BCUT2D eigenvalue weighted by molar-refractivity contribution is 0.0658. The molecule has 2 heterocycles. The van der Waals surface area contributed by atoms with Gasteiger partial charge in [0.2, 0.25) is 0 Å². The molecule has 2 aromatic rings. The Hall–Kier alpha value is -2.18. The Bertz CT molecular complexity index is 683. The summed E-state index contributed by atoms with van der Waals surface area (Å²) >= 11 is 5.87. The van der Waals surface area contributed by atoms with Crippen LogP contribution in [0.3, 0.4) is 0 Å². The Balaban J connectivity index is 1.71. The van der Waals surface area contributed by atoms with Gasteiger partial charge in [0.15, 0.2) is 0 Å². The number of nitrogens with one attached hydrogen (secondary N) is 1. The van der Waals surface area contributed by atoms with Crippen LogP contribution in [0, 0.1) is 0 Å². The topological polar surface area (TPSA) is 61.4 Å². The van der Waals surface area contributed by atoms with Gasteiger partial charge >= 0.3 is 0 Å². The largest absolute Gasteiger partial charge is 0.340 e. The summed E-state index contributed by atoms with van der Waals surface area (Å²) in [6.45, 7) is 3.21. The number of carbonyl (C=O) groups excluding carboxylic acids is 1. The van der Waals surface area contributed by atoms with Crippen molar-refractivity contribution >= 4 is 29.0 Å². The van der Waals surface area contributed by atoms with Crippen LogP contribution in [-0.4, -0.2) is 58.9 Å². The highest BCUT2D eigenvalue weighted by atomic mass is 35.5. The lowest BCUT2D eigenvalue weighted by Gasteiger charge is -2.32. The molecular formula is C16H18ClN5O. The minimum atomic E-state index is -0.0559. The van der Waals surface area contributed by atoms with Gasteiger partial charge in [-0.2, -0.15) is 0 Å². The summed E-state index contributed by atoms with van der Waals surface area (Å²) < 4.78 is 0. The van der Waals surface area contributed by atoms with Gasteiger partial charge in [0.05, 0.1) is 0 Å². The van der Waals surface area contributed by atoms with Crippen molar-refractivity contribution in [2.75, 3.05) is 38.5 Å². The van der Waals surface area contributed by atoms with Crippen molar-refractivity contribution in [3.8, 4) is 0 Å². The molecule has 1 fully saturated rings. The number of likely N-dealkylation sites (N-methyl/N-ethyl adjacent to an activating group) is 1. The second-order valence-corrected chi connectivity index (χ2v) is 5.95. The van der Waals surface area contributed by atoms with E-state index in [4.69, 9.17) is 11.6 Å². The SMILES string of the molecule is CN1CCN(C(=O)c2cc(Nc3ccc(Cl)cc3)ncn2)CC1. The highest BCUT2D eigenvalue weighted by molar-refractivity contribution is 6.30. The van der Waals surface area contributed by atoms with Crippen LogP contribution in [0.5, 0.6) is 0 Å². The Kier molecular flexibility index (Phi) is 4.73. The average molecular weight is 332 g/mol. The van der Waals surface area contributed by atoms with E-state index in [1.165, 1.54) is 6.33 Å². The van der Waals surface area contributed by atoms with Gasteiger partial charge in [0.1, 0.15) is 17.8 Å². The van der Waals surface area contributed by atoms with Gasteiger partial charge in [0.25, 0.3) is 5.91 Å². The summed E-state index contributed by atoms with van der Waals surface area (Å²) in [6.07, 6.45) is 1.40. The molecule has 0 radical (unpaired) electrons. The number of nitrogens with zero attached hydrogens (tertiary/aromatic N) is 4. The molecule has 120 valence electrons. The molecule has 1 aromatic heterocycles. The molecule has 0 saturated carbocycles.